The molecule has 1 aliphatic rings. The van der Waals surface area contributed by atoms with Gasteiger partial charge in [-0.05, 0) is 39.7 Å². The summed E-state index contributed by atoms with van der Waals surface area (Å²) in [6.45, 7) is 2.60. The Morgan fingerprint density at radius 1 is 1.47 bits per heavy atom. The van der Waals surface area contributed by atoms with Crippen LogP contribution in [0, 0.1) is 0 Å². The number of carbonyl (C=O) groups is 2. The third-order valence-electron chi connectivity index (χ3n) is 3.41. The molecule has 5 nitrogen and oxygen atoms in total. The molecule has 0 radical (unpaired) electrons. The number of carboxylic acids is 1. The Hall–Kier alpha value is -1.10. The van der Waals surface area contributed by atoms with E-state index in [-0.39, 0.29) is 24.4 Å². The van der Waals surface area contributed by atoms with Gasteiger partial charge in [-0.1, -0.05) is 0 Å². The number of amides is 1. The molecule has 0 aliphatic carbocycles. The normalized spacial score (nSPS) is 22.2. The minimum atomic E-state index is -0.787. The molecular weight excluding hydrogens is 220 g/mol. The van der Waals surface area contributed by atoms with Crippen molar-refractivity contribution < 1.29 is 14.7 Å². The largest absolute Gasteiger partial charge is 0.481 e. The van der Waals surface area contributed by atoms with Gasteiger partial charge in [0, 0.05) is 19.0 Å². The van der Waals surface area contributed by atoms with Crippen molar-refractivity contribution in [2.75, 3.05) is 13.6 Å². The van der Waals surface area contributed by atoms with Gasteiger partial charge in [0.05, 0.1) is 6.04 Å². The Kier molecular flexibility index (Phi) is 5.41. The Bertz CT molecular complexity index is 281. The molecule has 2 atom stereocenters. The van der Waals surface area contributed by atoms with E-state index in [2.05, 4.69) is 5.32 Å². The molecule has 0 aromatic rings. The molecule has 0 saturated carbocycles. The number of carboxylic acid groups (broad SMARTS) is 1. The number of rotatable bonds is 5. The van der Waals surface area contributed by atoms with Gasteiger partial charge in [0.15, 0.2) is 0 Å². The monoisotopic (exact) mass is 242 g/mol. The summed E-state index contributed by atoms with van der Waals surface area (Å²) in [4.78, 5) is 24.5. The van der Waals surface area contributed by atoms with Crippen LogP contribution in [-0.4, -0.2) is 47.6 Å². The highest BCUT2D eigenvalue weighted by atomic mass is 16.4. The van der Waals surface area contributed by atoms with E-state index >= 15 is 0 Å². The van der Waals surface area contributed by atoms with Crippen molar-refractivity contribution in [3.05, 3.63) is 0 Å². The number of aliphatic carboxylic acids is 1. The van der Waals surface area contributed by atoms with Crippen LogP contribution in [0.15, 0.2) is 0 Å². The van der Waals surface area contributed by atoms with E-state index in [1.54, 1.807) is 7.05 Å². The van der Waals surface area contributed by atoms with Gasteiger partial charge in [-0.3, -0.25) is 9.59 Å². The van der Waals surface area contributed by atoms with Gasteiger partial charge in [-0.15, -0.1) is 0 Å². The van der Waals surface area contributed by atoms with Crippen LogP contribution in [0.3, 0.4) is 0 Å². The summed E-state index contributed by atoms with van der Waals surface area (Å²) in [5.74, 6) is -0.702. The predicted molar refractivity (Wildman–Crippen MR) is 64.7 cm³/mol. The first-order valence-corrected chi connectivity index (χ1v) is 6.25. The first-order valence-electron chi connectivity index (χ1n) is 6.25. The molecule has 1 rings (SSSR count). The lowest BCUT2D eigenvalue weighted by molar-refractivity contribution is -0.140. The summed E-state index contributed by atoms with van der Waals surface area (Å²) in [6, 6.07) is -0.0939. The molecule has 2 N–H and O–H groups in total. The highest BCUT2D eigenvalue weighted by Gasteiger charge is 2.29. The minimum Gasteiger partial charge on any atom is -0.481 e. The molecule has 0 aromatic heterocycles. The predicted octanol–water partition coefficient (Wildman–Crippen LogP) is 0.840. The van der Waals surface area contributed by atoms with Gasteiger partial charge in [-0.2, -0.15) is 0 Å². The molecule has 1 saturated heterocycles. The Morgan fingerprint density at radius 3 is 2.76 bits per heavy atom. The van der Waals surface area contributed by atoms with Crippen molar-refractivity contribution in [3.63, 3.8) is 0 Å². The molecule has 0 aromatic carbocycles. The van der Waals surface area contributed by atoms with Gasteiger partial charge in [0.1, 0.15) is 0 Å². The van der Waals surface area contributed by atoms with Crippen molar-refractivity contribution >= 4 is 11.9 Å². The van der Waals surface area contributed by atoms with E-state index in [9.17, 15) is 9.59 Å². The Morgan fingerprint density at radius 2 is 2.18 bits per heavy atom. The topological polar surface area (TPSA) is 69.6 Å². The summed E-state index contributed by atoms with van der Waals surface area (Å²) in [5, 5.41) is 11.6. The van der Waals surface area contributed by atoms with Crippen LogP contribution in [0.1, 0.15) is 39.0 Å². The average Bonchev–Trinajstić information content (AvgIpc) is 2.34. The minimum absolute atomic E-state index is 0.0857. The number of hydrogen-bond donors (Lipinski definition) is 2. The number of hydrogen-bond acceptors (Lipinski definition) is 3. The maximum atomic E-state index is 12.1. The van der Waals surface area contributed by atoms with Crippen LogP contribution in [-0.2, 0) is 9.59 Å². The molecule has 5 heteroatoms. The second-order valence-electron chi connectivity index (χ2n) is 4.62. The third-order valence-corrected chi connectivity index (χ3v) is 3.41. The van der Waals surface area contributed by atoms with Crippen LogP contribution in [0.4, 0.5) is 0 Å². The molecule has 2 unspecified atom stereocenters. The van der Waals surface area contributed by atoms with Crippen LogP contribution in [0.2, 0.25) is 0 Å². The fourth-order valence-electron chi connectivity index (χ4n) is 2.25. The van der Waals surface area contributed by atoms with Crippen LogP contribution >= 0.6 is 0 Å². The third kappa shape index (κ3) is 4.00. The van der Waals surface area contributed by atoms with Gasteiger partial charge < -0.3 is 15.3 Å². The van der Waals surface area contributed by atoms with Crippen LogP contribution in [0.5, 0.6) is 0 Å². The molecule has 0 spiro atoms. The van der Waals surface area contributed by atoms with Crippen LogP contribution in [0.25, 0.3) is 0 Å². The zero-order chi connectivity index (χ0) is 12.8. The number of nitrogens with zero attached hydrogens (tertiary/aromatic N) is 1. The summed E-state index contributed by atoms with van der Waals surface area (Å²) in [5.41, 5.74) is 0. The molecule has 1 fully saturated rings. The first kappa shape index (κ1) is 14.0. The summed E-state index contributed by atoms with van der Waals surface area (Å²) < 4.78 is 0. The smallest absolute Gasteiger partial charge is 0.303 e. The van der Waals surface area contributed by atoms with E-state index in [1.165, 1.54) is 0 Å². The molecule has 0 bridgehead atoms. The maximum absolute atomic E-state index is 12.1. The fourth-order valence-corrected chi connectivity index (χ4v) is 2.25. The van der Waals surface area contributed by atoms with Crippen molar-refractivity contribution in [1.82, 2.24) is 10.2 Å². The Balaban J connectivity index is 2.58. The van der Waals surface area contributed by atoms with Crippen LogP contribution < -0.4 is 5.32 Å². The summed E-state index contributed by atoms with van der Waals surface area (Å²) >= 11 is 0. The first-order chi connectivity index (χ1) is 8.06. The van der Waals surface area contributed by atoms with E-state index < -0.39 is 5.97 Å². The van der Waals surface area contributed by atoms with E-state index in [1.807, 2.05) is 11.8 Å². The lowest BCUT2D eigenvalue weighted by Crippen LogP contribution is -2.50. The number of piperidine rings is 1. The van der Waals surface area contributed by atoms with Gasteiger partial charge in [0.2, 0.25) is 5.91 Å². The molecule has 1 amide bonds. The lowest BCUT2D eigenvalue weighted by atomic mass is 9.97. The van der Waals surface area contributed by atoms with Gasteiger partial charge in [-0.25, -0.2) is 0 Å². The van der Waals surface area contributed by atoms with Crippen molar-refractivity contribution in [3.8, 4) is 0 Å². The molecule has 98 valence electrons. The van der Waals surface area contributed by atoms with Crippen molar-refractivity contribution in [1.29, 1.82) is 0 Å². The SMILES string of the molecule is CNC(C)C(=O)N1CCCCC1CCC(=O)O. The number of likely N-dealkylation sites (tertiary alicyclic amines) is 1. The van der Waals surface area contributed by atoms with Crippen molar-refractivity contribution in [2.45, 2.75) is 51.1 Å². The van der Waals surface area contributed by atoms with E-state index in [4.69, 9.17) is 5.11 Å². The van der Waals surface area contributed by atoms with Gasteiger partial charge in [0.25, 0.3) is 0 Å². The zero-order valence-electron chi connectivity index (χ0n) is 10.6. The van der Waals surface area contributed by atoms with E-state index in [0.717, 1.165) is 25.8 Å². The molecular formula is C12H22N2O3. The molecule has 17 heavy (non-hydrogen) atoms. The summed E-state index contributed by atoms with van der Waals surface area (Å²) in [7, 11) is 1.76. The number of likely N-dealkylation sites (N-methyl/N-ethyl adjacent to an activating group) is 1. The molecule has 1 heterocycles. The second kappa shape index (κ2) is 6.59. The lowest BCUT2D eigenvalue weighted by Gasteiger charge is -2.37. The highest BCUT2D eigenvalue weighted by Crippen LogP contribution is 2.21. The standard InChI is InChI=1S/C12H22N2O3/c1-9(13-2)12(17)14-8-4-3-5-10(14)6-7-11(15)16/h9-10,13H,3-8H2,1-2H3,(H,15,16). The quantitative estimate of drug-likeness (QED) is 0.749. The fraction of sp³-hybridized carbons (Fsp3) is 0.833. The van der Waals surface area contributed by atoms with Crippen molar-refractivity contribution in [2.24, 2.45) is 0 Å². The van der Waals surface area contributed by atoms with Gasteiger partial charge >= 0.3 is 5.97 Å². The molecule has 1 aliphatic heterocycles. The number of nitrogens with one attached hydrogen (secondary N) is 1. The average molecular weight is 242 g/mol. The maximum Gasteiger partial charge on any atom is 0.303 e. The second-order valence-corrected chi connectivity index (χ2v) is 4.62. The highest BCUT2D eigenvalue weighted by molar-refractivity contribution is 5.81. The van der Waals surface area contributed by atoms with E-state index in [0.29, 0.717) is 6.42 Å². The Labute approximate surface area is 102 Å². The summed E-state index contributed by atoms with van der Waals surface area (Å²) in [6.07, 6.45) is 3.74. The number of carbonyl (C=O) groups excluding carboxylic acids is 1. The zero-order valence-corrected chi connectivity index (χ0v) is 10.6.